The summed E-state index contributed by atoms with van der Waals surface area (Å²) in [5.74, 6) is 1.04. The van der Waals surface area contributed by atoms with Crippen molar-refractivity contribution >= 4 is 39.1 Å². The van der Waals surface area contributed by atoms with Crippen LogP contribution >= 0.6 is 27.5 Å². The van der Waals surface area contributed by atoms with E-state index in [9.17, 15) is 4.79 Å². The number of methoxy groups -OCH3 is 1. The van der Waals surface area contributed by atoms with Gasteiger partial charge < -0.3 is 14.8 Å². The molecule has 1 atom stereocenters. The van der Waals surface area contributed by atoms with Crippen LogP contribution in [0.25, 0.3) is 0 Å². The molecule has 0 aromatic heterocycles. The van der Waals surface area contributed by atoms with E-state index in [1.165, 1.54) is 0 Å². The van der Waals surface area contributed by atoms with E-state index >= 15 is 0 Å². The first-order valence-corrected chi connectivity index (χ1v) is 7.73. The van der Waals surface area contributed by atoms with Gasteiger partial charge in [-0.15, -0.1) is 0 Å². The molecule has 22 heavy (non-hydrogen) atoms. The van der Waals surface area contributed by atoms with E-state index in [0.717, 1.165) is 10.2 Å². The van der Waals surface area contributed by atoms with Gasteiger partial charge in [-0.2, -0.15) is 0 Å². The molecule has 2 rings (SSSR count). The summed E-state index contributed by atoms with van der Waals surface area (Å²) in [6, 6.07) is 12.3. The second-order valence-electron chi connectivity index (χ2n) is 4.55. The van der Waals surface area contributed by atoms with Crippen LogP contribution in [0.4, 0.5) is 5.69 Å². The van der Waals surface area contributed by atoms with Crippen LogP contribution in [0.15, 0.2) is 46.9 Å². The normalized spacial score (nSPS) is 11.6. The Labute approximate surface area is 142 Å². The van der Waals surface area contributed by atoms with E-state index < -0.39 is 6.10 Å². The third-order valence-electron chi connectivity index (χ3n) is 2.93. The molecule has 0 saturated carbocycles. The summed E-state index contributed by atoms with van der Waals surface area (Å²) >= 11 is 9.39. The molecule has 2 aromatic carbocycles. The van der Waals surface area contributed by atoms with Crippen LogP contribution in [-0.2, 0) is 4.79 Å². The van der Waals surface area contributed by atoms with Crippen molar-refractivity contribution < 1.29 is 14.3 Å². The van der Waals surface area contributed by atoms with Crippen LogP contribution in [0.2, 0.25) is 5.02 Å². The number of carbonyl (C=O) groups excluding carboxylic acids is 1. The van der Waals surface area contributed by atoms with Gasteiger partial charge in [-0.25, -0.2) is 0 Å². The number of nitrogens with one attached hydrogen (secondary N) is 1. The van der Waals surface area contributed by atoms with Crippen molar-refractivity contribution in [3.8, 4) is 11.5 Å². The zero-order valence-electron chi connectivity index (χ0n) is 12.1. The number of anilines is 1. The Bertz CT molecular complexity index is 661. The number of amides is 1. The maximum Gasteiger partial charge on any atom is 0.265 e. The first-order valence-electron chi connectivity index (χ1n) is 6.56. The summed E-state index contributed by atoms with van der Waals surface area (Å²) in [6.45, 7) is 1.67. The summed E-state index contributed by atoms with van der Waals surface area (Å²) in [4.78, 5) is 12.1. The fourth-order valence-corrected chi connectivity index (χ4v) is 2.46. The fraction of sp³-hybridized carbons (Fsp3) is 0.188. The molecule has 0 radical (unpaired) electrons. The molecular weight excluding hydrogens is 370 g/mol. The molecule has 2 aromatic rings. The van der Waals surface area contributed by atoms with Crippen LogP contribution in [0.3, 0.4) is 0 Å². The van der Waals surface area contributed by atoms with Gasteiger partial charge in [0.1, 0.15) is 11.5 Å². The number of hydrogen-bond donors (Lipinski definition) is 1. The highest BCUT2D eigenvalue weighted by atomic mass is 79.9. The highest BCUT2D eigenvalue weighted by Crippen LogP contribution is 2.26. The summed E-state index contributed by atoms with van der Waals surface area (Å²) in [6.07, 6.45) is -0.659. The molecule has 1 unspecified atom stereocenters. The molecule has 0 aliphatic carbocycles. The van der Waals surface area contributed by atoms with E-state index in [-0.39, 0.29) is 5.91 Å². The van der Waals surface area contributed by atoms with Crippen molar-refractivity contribution in [3.05, 3.63) is 52.0 Å². The minimum absolute atomic E-state index is 0.278. The van der Waals surface area contributed by atoms with Crippen molar-refractivity contribution in [2.75, 3.05) is 12.4 Å². The third kappa shape index (κ3) is 4.39. The highest BCUT2D eigenvalue weighted by Gasteiger charge is 2.16. The van der Waals surface area contributed by atoms with Crippen LogP contribution < -0.4 is 14.8 Å². The highest BCUT2D eigenvalue weighted by molar-refractivity contribution is 9.10. The molecule has 0 fully saturated rings. The number of carbonyl (C=O) groups is 1. The molecule has 1 N–H and O–H groups in total. The van der Waals surface area contributed by atoms with Gasteiger partial charge in [0.25, 0.3) is 5.91 Å². The van der Waals surface area contributed by atoms with Crippen LogP contribution in [-0.4, -0.2) is 19.1 Å². The summed E-state index contributed by atoms with van der Waals surface area (Å²) in [5, 5.41) is 3.20. The van der Waals surface area contributed by atoms with E-state index in [1.807, 2.05) is 0 Å². The van der Waals surface area contributed by atoms with Crippen molar-refractivity contribution in [2.24, 2.45) is 0 Å². The number of rotatable bonds is 5. The number of hydrogen-bond acceptors (Lipinski definition) is 3. The molecule has 0 bridgehead atoms. The van der Waals surface area contributed by atoms with Gasteiger partial charge in [-0.05, 0) is 49.4 Å². The van der Waals surface area contributed by atoms with Gasteiger partial charge in [0.2, 0.25) is 0 Å². The second kappa shape index (κ2) is 7.51. The van der Waals surface area contributed by atoms with Crippen molar-refractivity contribution in [3.63, 3.8) is 0 Å². The fourth-order valence-electron chi connectivity index (χ4n) is 1.74. The minimum atomic E-state index is -0.659. The average molecular weight is 385 g/mol. The average Bonchev–Trinajstić information content (AvgIpc) is 2.50. The lowest BCUT2D eigenvalue weighted by molar-refractivity contribution is -0.122. The van der Waals surface area contributed by atoms with Crippen LogP contribution in [0.5, 0.6) is 11.5 Å². The Morgan fingerprint density at radius 3 is 2.41 bits per heavy atom. The summed E-state index contributed by atoms with van der Waals surface area (Å²) in [7, 11) is 1.59. The smallest absolute Gasteiger partial charge is 0.265 e. The summed E-state index contributed by atoms with van der Waals surface area (Å²) in [5.41, 5.74) is 0.542. The van der Waals surface area contributed by atoms with E-state index in [0.29, 0.717) is 16.5 Å². The first kappa shape index (κ1) is 16.6. The largest absolute Gasteiger partial charge is 0.497 e. The Hall–Kier alpha value is -1.72. The number of ether oxygens (including phenoxy) is 2. The zero-order valence-corrected chi connectivity index (χ0v) is 14.4. The third-order valence-corrected chi connectivity index (χ3v) is 3.74. The van der Waals surface area contributed by atoms with Gasteiger partial charge >= 0.3 is 0 Å². The van der Waals surface area contributed by atoms with Gasteiger partial charge in [0, 0.05) is 4.47 Å². The molecule has 6 heteroatoms. The SMILES string of the molecule is COc1ccc(OC(C)C(=O)Nc2ccc(Br)cc2Cl)cc1. The predicted octanol–water partition coefficient (Wildman–Crippen LogP) is 4.52. The Morgan fingerprint density at radius 1 is 1.18 bits per heavy atom. The maximum absolute atomic E-state index is 12.1. The molecule has 0 aliphatic heterocycles. The summed E-state index contributed by atoms with van der Waals surface area (Å²) < 4.78 is 11.5. The van der Waals surface area contributed by atoms with Gasteiger partial charge in [0.15, 0.2) is 6.10 Å². The Morgan fingerprint density at radius 2 is 1.82 bits per heavy atom. The Balaban J connectivity index is 1.99. The number of halogens is 2. The van der Waals surface area contributed by atoms with Crippen molar-refractivity contribution in [1.29, 1.82) is 0 Å². The number of benzene rings is 2. The zero-order chi connectivity index (χ0) is 16.1. The molecule has 0 heterocycles. The molecule has 0 saturated heterocycles. The molecule has 1 amide bonds. The maximum atomic E-state index is 12.1. The quantitative estimate of drug-likeness (QED) is 0.824. The van der Waals surface area contributed by atoms with Crippen molar-refractivity contribution in [1.82, 2.24) is 0 Å². The minimum Gasteiger partial charge on any atom is -0.497 e. The van der Waals surface area contributed by atoms with Gasteiger partial charge in [-0.1, -0.05) is 27.5 Å². The van der Waals surface area contributed by atoms with Crippen molar-refractivity contribution in [2.45, 2.75) is 13.0 Å². The Kier molecular flexibility index (Phi) is 5.69. The van der Waals surface area contributed by atoms with Crippen LogP contribution in [0, 0.1) is 0 Å². The van der Waals surface area contributed by atoms with Gasteiger partial charge in [-0.3, -0.25) is 4.79 Å². The lowest BCUT2D eigenvalue weighted by atomic mass is 10.3. The van der Waals surface area contributed by atoms with Gasteiger partial charge in [0.05, 0.1) is 17.8 Å². The molecule has 116 valence electrons. The monoisotopic (exact) mass is 383 g/mol. The van der Waals surface area contributed by atoms with Crippen LogP contribution in [0.1, 0.15) is 6.92 Å². The molecular formula is C16H15BrClNO3. The molecule has 0 aliphatic rings. The van der Waals surface area contributed by atoms with E-state index in [1.54, 1.807) is 56.5 Å². The lowest BCUT2D eigenvalue weighted by Crippen LogP contribution is -2.30. The topological polar surface area (TPSA) is 47.6 Å². The standard InChI is InChI=1S/C16H15BrClNO3/c1-10(22-13-6-4-12(21-2)5-7-13)16(20)19-15-8-3-11(17)9-14(15)18/h3-10H,1-2H3,(H,19,20). The molecule has 0 spiro atoms. The van der Waals surface area contributed by atoms with E-state index in [2.05, 4.69) is 21.2 Å². The second-order valence-corrected chi connectivity index (χ2v) is 5.87. The predicted molar refractivity (Wildman–Crippen MR) is 90.9 cm³/mol. The molecule has 4 nitrogen and oxygen atoms in total. The first-order chi connectivity index (χ1) is 10.5. The van der Waals surface area contributed by atoms with E-state index in [4.69, 9.17) is 21.1 Å². The lowest BCUT2D eigenvalue weighted by Gasteiger charge is -2.15.